The number of amides is 1. The molecule has 17 heavy (non-hydrogen) atoms. The molecule has 0 bridgehead atoms. The van der Waals surface area contributed by atoms with E-state index in [1.807, 2.05) is 0 Å². The lowest BCUT2D eigenvalue weighted by Gasteiger charge is -2.08. The Labute approximate surface area is 101 Å². The van der Waals surface area contributed by atoms with Gasteiger partial charge in [0.1, 0.15) is 0 Å². The number of carbonyl (C=O) groups excluding carboxylic acids is 2. The molecule has 0 saturated carbocycles. The van der Waals surface area contributed by atoms with Gasteiger partial charge >= 0.3 is 6.09 Å². The zero-order valence-electron chi connectivity index (χ0n) is 8.45. The summed E-state index contributed by atoms with van der Waals surface area (Å²) in [5, 5.41) is 1.38. The maximum atomic E-state index is 11.8. The Bertz CT molecular complexity index is 426. The van der Waals surface area contributed by atoms with Crippen LogP contribution in [0, 0.1) is 0 Å². The molecule has 0 aliphatic carbocycles. The largest absolute Gasteiger partial charge is 0.443 e. The number of carbonyl (C=O) groups is 2. The smallest absolute Gasteiger partial charge is 0.411 e. The molecule has 4 nitrogen and oxygen atoms in total. The Balaban J connectivity index is 2.68. The highest BCUT2D eigenvalue weighted by molar-refractivity contribution is 6.68. The number of alkyl halides is 2. The van der Waals surface area contributed by atoms with E-state index in [1.54, 1.807) is 12.1 Å². The van der Waals surface area contributed by atoms with Crippen LogP contribution in [0.3, 0.4) is 0 Å². The third-order valence-electron chi connectivity index (χ3n) is 1.72. The van der Waals surface area contributed by atoms with Crippen LogP contribution in [0.25, 0.3) is 0 Å². The summed E-state index contributed by atoms with van der Waals surface area (Å²) in [6.07, 6.45) is -3.82. The SMILES string of the molecule is O=C(Nc1ccccc1C(=O)Cl)OCC(F)F. The van der Waals surface area contributed by atoms with Gasteiger partial charge in [0.25, 0.3) is 11.7 Å². The van der Waals surface area contributed by atoms with E-state index in [2.05, 4.69) is 10.1 Å². The van der Waals surface area contributed by atoms with Crippen LogP contribution in [0.5, 0.6) is 0 Å². The summed E-state index contributed by atoms with van der Waals surface area (Å²) < 4.78 is 27.7. The van der Waals surface area contributed by atoms with Crippen molar-refractivity contribution < 1.29 is 23.1 Å². The van der Waals surface area contributed by atoms with Crippen molar-refractivity contribution >= 4 is 28.6 Å². The van der Waals surface area contributed by atoms with Crippen molar-refractivity contribution in [3.8, 4) is 0 Å². The summed E-state index contributed by atoms with van der Waals surface area (Å²) in [7, 11) is 0. The van der Waals surface area contributed by atoms with Crippen LogP contribution in [0.1, 0.15) is 10.4 Å². The zero-order valence-corrected chi connectivity index (χ0v) is 9.21. The molecule has 0 aromatic heterocycles. The van der Waals surface area contributed by atoms with E-state index in [-0.39, 0.29) is 11.3 Å². The monoisotopic (exact) mass is 263 g/mol. The van der Waals surface area contributed by atoms with Crippen LogP contribution in [-0.4, -0.2) is 24.4 Å². The second-order valence-corrected chi connectivity index (χ2v) is 3.28. The Morgan fingerprint density at radius 1 is 1.35 bits per heavy atom. The highest BCUT2D eigenvalue weighted by Crippen LogP contribution is 2.17. The van der Waals surface area contributed by atoms with Crippen LogP contribution in [0.2, 0.25) is 0 Å². The van der Waals surface area contributed by atoms with Gasteiger partial charge in [0, 0.05) is 0 Å². The second-order valence-electron chi connectivity index (χ2n) is 2.93. The molecular weight excluding hydrogens is 256 g/mol. The van der Waals surface area contributed by atoms with Gasteiger partial charge in [-0.1, -0.05) is 12.1 Å². The van der Waals surface area contributed by atoms with Gasteiger partial charge in [-0.2, -0.15) is 0 Å². The van der Waals surface area contributed by atoms with Crippen molar-refractivity contribution in [3.63, 3.8) is 0 Å². The number of rotatable bonds is 4. The molecule has 1 aromatic rings. The minimum Gasteiger partial charge on any atom is -0.443 e. The Morgan fingerprint density at radius 2 is 2.00 bits per heavy atom. The van der Waals surface area contributed by atoms with Crippen molar-refractivity contribution in [2.45, 2.75) is 6.43 Å². The Hall–Kier alpha value is -1.69. The number of hydrogen-bond acceptors (Lipinski definition) is 3. The molecule has 0 radical (unpaired) electrons. The van der Waals surface area contributed by atoms with Crippen molar-refractivity contribution in [1.82, 2.24) is 0 Å². The number of halogens is 3. The molecule has 0 fully saturated rings. The van der Waals surface area contributed by atoms with Crippen LogP contribution in [-0.2, 0) is 4.74 Å². The lowest BCUT2D eigenvalue weighted by molar-refractivity contribution is 0.0547. The predicted octanol–water partition coefficient (Wildman–Crippen LogP) is 2.88. The van der Waals surface area contributed by atoms with Crippen molar-refractivity contribution in [2.75, 3.05) is 11.9 Å². The molecule has 0 aliphatic rings. The number of para-hydroxylation sites is 1. The maximum absolute atomic E-state index is 11.8. The van der Waals surface area contributed by atoms with Gasteiger partial charge < -0.3 is 4.74 Å². The minimum absolute atomic E-state index is 0.0585. The summed E-state index contributed by atoms with van der Waals surface area (Å²) >= 11 is 5.27. The number of nitrogens with one attached hydrogen (secondary N) is 1. The van der Waals surface area contributed by atoms with Crippen LogP contribution in [0.4, 0.5) is 19.3 Å². The summed E-state index contributed by atoms with van der Waals surface area (Å²) in [5.41, 5.74) is 0.162. The fourth-order valence-electron chi connectivity index (χ4n) is 1.05. The van der Waals surface area contributed by atoms with E-state index >= 15 is 0 Å². The topological polar surface area (TPSA) is 55.4 Å². The first-order valence-corrected chi connectivity index (χ1v) is 4.89. The molecule has 1 amide bonds. The Morgan fingerprint density at radius 3 is 2.59 bits per heavy atom. The highest BCUT2D eigenvalue weighted by Gasteiger charge is 2.13. The van der Waals surface area contributed by atoms with E-state index in [4.69, 9.17) is 11.6 Å². The van der Waals surface area contributed by atoms with Gasteiger partial charge in [-0.3, -0.25) is 10.1 Å². The molecule has 1 N–H and O–H groups in total. The molecule has 1 rings (SSSR count). The molecule has 0 spiro atoms. The first-order chi connectivity index (χ1) is 8.00. The number of hydrogen-bond donors (Lipinski definition) is 1. The fourth-order valence-corrected chi connectivity index (χ4v) is 1.21. The van der Waals surface area contributed by atoms with Crippen molar-refractivity contribution in [1.29, 1.82) is 0 Å². The van der Waals surface area contributed by atoms with E-state index in [1.165, 1.54) is 12.1 Å². The number of ether oxygens (including phenoxy) is 1. The van der Waals surface area contributed by atoms with Crippen LogP contribution < -0.4 is 5.32 Å². The average Bonchev–Trinajstić information content (AvgIpc) is 2.27. The molecular formula is C10H8ClF2NO3. The zero-order chi connectivity index (χ0) is 12.8. The third kappa shape index (κ3) is 4.36. The molecule has 0 aliphatic heterocycles. The quantitative estimate of drug-likeness (QED) is 0.850. The van der Waals surface area contributed by atoms with Crippen molar-refractivity contribution in [3.05, 3.63) is 29.8 Å². The van der Waals surface area contributed by atoms with Gasteiger partial charge in [0.05, 0.1) is 11.3 Å². The third-order valence-corrected chi connectivity index (χ3v) is 1.92. The van der Waals surface area contributed by atoms with E-state index in [0.717, 1.165) is 0 Å². The van der Waals surface area contributed by atoms with Gasteiger partial charge in [0.2, 0.25) is 0 Å². The van der Waals surface area contributed by atoms with Gasteiger partial charge in [0.15, 0.2) is 6.61 Å². The van der Waals surface area contributed by atoms with E-state index in [9.17, 15) is 18.4 Å². The van der Waals surface area contributed by atoms with Crippen molar-refractivity contribution in [2.24, 2.45) is 0 Å². The molecule has 1 aromatic carbocycles. The lowest BCUT2D eigenvalue weighted by atomic mass is 10.2. The molecule has 0 heterocycles. The standard InChI is InChI=1S/C10H8ClF2NO3/c11-9(15)6-3-1-2-4-7(6)14-10(16)17-5-8(12)13/h1-4,8H,5H2,(H,14,16). The van der Waals surface area contributed by atoms with Crippen LogP contribution >= 0.6 is 11.6 Å². The van der Waals surface area contributed by atoms with E-state index < -0.39 is 24.4 Å². The molecule has 0 unspecified atom stereocenters. The predicted molar refractivity (Wildman–Crippen MR) is 57.6 cm³/mol. The van der Waals surface area contributed by atoms with Gasteiger partial charge in [-0.15, -0.1) is 0 Å². The van der Waals surface area contributed by atoms with E-state index in [0.29, 0.717) is 0 Å². The normalized spacial score (nSPS) is 10.1. The average molecular weight is 264 g/mol. The second kappa shape index (κ2) is 6.15. The fraction of sp³-hybridized carbons (Fsp3) is 0.200. The summed E-state index contributed by atoms with van der Waals surface area (Å²) in [6.45, 7) is -1.01. The Kier molecular flexibility index (Phi) is 4.84. The molecule has 7 heteroatoms. The minimum atomic E-state index is -2.74. The molecule has 0 atom stereocenters. The first kappa shape index (κ1) is 13.4. The summed E-state index contributed by atoms with van der Waals surface area (Å²) in [6, 6.07) is 5.88. The summed E-state index contributed by atoms with van der Waals surface area (Å²) in [4.78, 5) is 22.0. The highest BCUT2D eigenvalue weighted by atomic mass is 35.5. The number of benzene rings is 1. The lowest BCUT2D eigenvalue weighted by Crippen LogP contribution is -2.18. The molecule has 0 saturated heterocycles. The summed E-state index contributed by atoms with van der Waals surface area (Å²) in [5.74, 6) is 0. The number of anilines is 1. The van der Waals surface area contributed by atoms with Crippen LogP contribution in [0.15, 0.2) is 24.3 Å². The van der Waals surface area contributed by atoms with Gasteiger partial charge in [-0.05, 0) is 23.7 Å². The first-order valence-electron chi connectivity index (χ1n) is 4.51. The maximum Gasteiger partial charge on any atom is 0.411 e. The molecule has 92 valence electrons. The van der Waals surface area contributed by atoms with Gasteiger partial charge in [-0.25, -0.2) is 13.6 Å².